The molecule has 0 aliphatic carbocycles. The highest BCUT2D eigenvalue weighted by Gasteiger charge is 1.82. The van der Waals surface area contributed by atoms with Crippen LogP contribution >= 0.6 is 0 Å². The molecule has 1 aliphatic rings. The summed E-state index contributed by atoms with van der Waals surface area (Å²) < 4.78 is 0. The molecule has 0 bridgehead atoms. The molecule has 0 aromatic rings. The van der Waals surface area contributed by atoms with Crippen molar-refractivity contribution in [2.45, 2.75) is 0 Å². The van der Waals surface area contributed by atoms with Gasteiger partial charge >= 0.3 is 0 Å². The summed E-state index contributed by atoms with van der Waals surface area (Å²) in [4.78, 5) is 12.2. The van der Waals surface area contributed by atoms with Crippen LogP contribution in [0.5, 0.6) is 0 Å². The summed E-state index contributed by atoms with van der Waals surface area (Å²) >= 11 is 0. The fraction of sp³-hybridized carbons (Fsp3) is 0.667. The molecule has 0 fully saturated rings. The first-order chi connectivity index (χ1) is 4.23. The third kappa shape index (κ3) is 10.9. The number of hydrogen-bond acceptors (Lipinski definition) is 4. The van der Waals surface area contributed by atoms with Crippen molar-refractivity contribution in [3.63, 3.8) is 0 Å². The molecule has 0 amide bonds. The largest absolute Gasteiger partial charge is 0.328 e. The Kier molecular flexibility index (Phi) is 4.33. The monoisotopic (exact) mass is 133 g/mol. The Morgan fingerprint density at radius 3 is 2.56 bits per heavy atom. The van der Waals surface area contributed by atoms with Crippen LogP contribution in [-0.4, -0.2) is 29.7 Å². The fourth-order valence-corrected chi connectivity index (χ4v) is 0.323. The minimum atomic E-state index is -1.50. The molecule has 1 heterocycles. The van der Waals surface area contributed by atoms with E-state index in [1.807, 2.05) is 6.21 Å². The summed E-state index contributed by atoms with van der Waals surface area (Å²) in [6.07, 6.45) is 1.88. The predicted octanol–water partition coefficient (Wildman–Crippen LogP) is -0.730. The standard InChI is InChI=1S/C3H6N2.HNO3/c1-2-5-3-4-1;2-1(3)4/h1,5H,2-3H2;(H,2,3,4). The van der Waals surface area contributed by atoms with Gasteiger partial charge in [-0.2, -0.15) is 0 Å². The molecule has 52 valence electrons. The first-order valence-electron chi connectivity index (χ1n) is 2.25. The van der Waals surface area contributed by atoms with Crippen molar-refractivity contribution in [3.05, 3.63) is 10.1 Å². The molecule has 0 saturated carbocycles. The van der Waals surface area contributed by atoms with Crippen molar-refractivity contribution < 1.29 is 10.3 Å². The number of hydrogen-bond donors (Lipinski definition) is 2. The summed E-state index contributed by atoms with van der Waals surface area (Å²) in [5.41, 5.74) is 0. The van der Waals surface area contributed by atoms with Crippen LogP contribution in [0, 0.1) is 10.1 Å². The maximum atomic E-state index is 8.36. The van der Waals surface area contributed by atoms with Gasteiger partial charge in [-0.05, 0) is 0 Å². The van der Waals surface area contributed by atoms with Gasteiger partial charge < -0.3 is 5.21 Å². The zero-order chi connectivity index (χ0) is 7.11. The van der Waals surface area contributed by atoms with Gasteiger partial charge in [0.25, 0.3) is 5.09 Å². The molecule has 6 nitrogen and oxygen atoms in total. The van der Waals surface area contributed by atoms with Gasteiger partial charge in [0, 0.05) is 12.8 Å². The van der Waals surface area contributed by atoms with Gasteiger partial charge in [-0.1, -0.05) is 0 Å². The number of nitrogens with one attached hydrogen (secondary N) is 1. The Balaban J connectivity index is 0.000000148. The maximum Gasteiger partial charge on any atom is 0.291 e. The lowest BCUT2D eigenvalue weighted by Gasteiger charge is -1.75. The first-order valence-corrected chi connectivity index (χ1v) is 2.25. The molecule has 1 rings (SSSR count). The van der Waals surface area contributed by atoms with Crippen LogP contribution in [0.3, 0.4) is 0 Å². The van der Waals surface area contributed by atoms with Crippen LogP contribution in [0.2, 0.25) is 0 Å². The van der Waals surface area contributed by atoms with Gasteiger partial charge in [0.05, 0.1) is 6.67 Å². The van der Waals surface area contributed by atoms with Gasteiger partial charge in [0.1, 0.15) is 0 Å². The lowest BCUT2D eigenvalue weighted by Crippen LogP contribution is -2.06. The summed E-state index contributed by atoms with van der Waals surface area (Å²) in [5.74, 6) is 0. The van der Waals surface area contributed by atoms with E-state index in [0.717, 1.165) is 13.2 Å². The minimum Gasteiger partial charge on any atom is -0.328 e. The fourth-order valence-electron chi connectivity index (χ4n) is 0.323. The van der Waals surface area contributed by atoms with Crippen LogP contribution in [0.1, 0.15) is 0 Å². The van der Waals surface area contributed by atoms with Crippen LogP contribution < -0.4 is 5.32 Å². The van der Waals surface area contributed by atoms with Crippen LogP contribution in [0.25, 0.3) is 0 Å². The van der Waals surface area contributed by atoms with Crippen LogP contribution in [0.15, 0.2) is 4.99 Å². The van der Waals surface area contributed by atoms with Gasteiger partial charge in [0.2, 0.25) is 0 Å². The van der Waals surface area contributed by atoms with Gasteiger partial charge in [-0.25, -0.2) is 0 Å². The van der Waals surface area contributed by atoms with Crippen LogP contribution in [-0.2, 0) is 0 Å². The molecule has 6 heteroatoms. The molecule has 0 spiro atoms. The second kappa shape index (κ2) is 4.98. The second-order valence-electron chi connectivity index (χ2n) is 1.22. The van der Waals surface area contributed by atoms with E-state index in [1.54, 1.807) is 0 Å². The first kappa shape index (κ1) is 7.83. The van der Waals surface area contributed by atoms with E-state index in [9.17, 15) is 0 Å². The topological polar surface area (TPSA) is 87.8 Å². The predicted molar refractivity (Wildman–Crippen MR) is 30.1 cm³/mol. The van der Waals surface area contributed by atoms with E-state index in [1.165, 1.54) is 0 Å². The number of aliphatic imine (C=N–C) groups is 1. The number of nitrogens with zero attached hydrogens (tertiary/aromatic N) is 2. The lowest BCUT2D eigenvalue weighted by molar-refractivity contribution is -0.742. The normalized spacial score (nSPS) is 14.2. The Bertz CT molecular complexity index is 103. The SMILES string of the molecule is C1=NCNC1.O=[N+]([O-])O. The molecule has 0 aromatic heterocycles. The van der Waals surface area contributed by atoms with E-state index < -0.39 is 5.09 Å². The highest BCUT2D eigenvalue weighted by atomic mass is 16.9. The van der Waals surface area contributed by atoms with E-state index >= 15 is 0 Å². The lowest BCUT2D eigenvalue weighted by atomic mass is 10.8. The molecule has 9 heavy (non-hydrogen) atoms. The van der Waals surface area contributed by atoms with Crippen molar-refractivity contribution in [1.29, 1.82) is 0 Å². The quantitative estimate of drug-likeness (QED) is 0.337. The highest BCUT2D eigenvalue weighted by Crippen LogP contribution is 1.67. The third-order valence-corrected chi connectivity index (χ3v) is 0.568. The second-order valence-corrected chi connectivity index (χ2v) is 1.22. The van der Waals surface area contributed by atoms with E-state index in [2.05, 4.69) is 10.3 Å². The van der Waals surface area contributed by atoms with Crippen molar-refractivity contribution in [1.82, 2.24) is 5.32 Å². The van der Waals surface area contributed by atoms with E-state index in [4.69, 9.17) is 15.3 Å². The van der Waals surface area contributed by atoms with Crippen molar-refractivity contribution >= 4 is 6.21 Å². The van der Waals surface area contributed by atoms with Gasteiger partial charge in [-0.15, -0.1) is 10.1 Å². The maximum absolute atomic E-state index is 8.36. The average Bonchev–Trinajstić information content (AvgIpc) is 2.11. The molecule has 2 N–H and O–H groups in total. The molecule has 0 atom stereocenters. The molecule has 0 saturated heterocycles. The molecular weight excluding hydrogens is 126 g/mol. The zero-order valence-corrected chi connectivity index (χ0v) is 4.65. The zero-order valence-electron chi connectivity index (χ0n) is 4.65. The van der Waals surface area contributed by atoms with Crippen molar-refractivity contribution in [3.8, 4) is 0 Å². The Morgan fingerprint density at radius 2 is 2.44 bits per heavy atom. The Labute approximate surface area is 51.3 Å². The summed E-state index contributed by atoms with van der Waals surface area (Å²) in [7, 11) is 0. The molecular formula is C3H7N3O3. The molecule has 1 aliphatic heterocycles. The van der Waals surface area contributed by atoms with E-state index in [0.29, 0.717) is 0 Å². The minimum absolute atomic E-state index is 0.819. The number of rotatable bonds is 0. The van der Waals surface area contributed by atoms with Crippen molar-refractivity contribution in [2.24, 2.45) is 4.99 Å². The summed E-state index contributed by atoms with van der Waals surface area (Å²) in [5, 5.41) is 16.6. The summed E-state index contributed by atoms with van der Waals surface area (Å²) in [6, 6.07) is 0. The van der Waals surface area contributed by atoms with Crippen LogP contribution in [0.4, 0.5) is 0 Å². The van der Waals surface area contributed by atoms with Crippen molar-refractivity contribution in [2.75, 3.05) is 13.2 Å². The average molecular weight is 133 g/mol. The smallest absolute Gasteiger partial charge is 0.291 e. The Morgan fingerprint density at radius 1 is 1.89 bits per heavy atom. The van der Waals surface area contributed by atoms with E-state index in [-0.39, 0.29) is 0 Å². The third-order valence-electron chi connectivity index (χ3n) is 0.568. The molecule has 0 aromatic carbocycles. The van der Waals surface area contributed by atoms with Gasteiger partial charge in [-0.3, -0.25) is 10.3 Å². The molecule has 0 unspecified atom stereocenters. The molecule has 0 radical (unpaired) electrons. The van der Waals surface area contributed by atoms with Gasteiger partial charge in [0.15, 0.2) is 0 Å². The summed E-state index contributed by atoms with van der Waals surface area (Å²) in [6.45, 7) is 1.78. The Hall–Kier alpha value is -1.17. The highest BCUT2D eigenvalue weighted by molar-refractivity contribution is 5.61.